The van der Waals surface area contributed by atoms with Gasteiger partial charge in [0.2, 0.25) is 0 Å². The molecule has 4 nitrogen and oxygen atoms in total. The van der Waals surface area contributed by atoms with Crippen molar-refractivity contribution in [2.45, 2.75) is 6.92 Å². The maximum atomic E-state index is 10.9. The summed E-state index contributed by atoms with van der Waals surface area (Å²) in [6.45, 7) is 1.92. The number of carbonyl (C=O) groups is 1. The monoisotopic (exact) mass is 196 g/mol. The Balaban J connectivity index is 2.41. The number of rotatable bonds is 4. The molecule has 0 saturated heterocycles. The van der Waals surface area contributed by atoms with E-state index in [-0.39, 0.29) is 12.4 Å². The van der Waals surface area contributed by atoms with E-state index in [0.717, 1.165) is 0 Å². The van der Waals surface area contributed by atoms with Gasteiger partial charge in [0.15, 0.2) is 6.61 Å². The molecule has 1 rings (SSSR count). The number of hydrogen-bond donors (Lipinski definition) is 1. The van der Waals surface area contributed by atoms with Gasteiger partial charge >= 0.3 is 5.97 Å². The zero-order chi connectivity index (χ0) is 10.4. The van der Waals surface area contributed by atoms with Gasteiger partial charge in [0, 0.05) is 6.07 Å². The molecule has 0 spiro atoms. The Morgan fingerprint density at radius 3 is 2.93 bits per heavy atom. The number of ether oxygens (including phenoxy) is 2. The molecule has 0 atom stereocenters. The lowest BCUT2D eigenvalue weighted by Crippen LogP contribution is -2.14. The van der Waals surface area contributed by atoms with Crippen molar-refractivity contribution in [1.29, 1.82) is 0 Å². The number of phenolic OH excluding ortho intramolecular Hbond substituents is 1. The number of phenols is 1. The summed E-state index contributed by atoms with van der Waals surface area (Å²) in [6, 6.07) is 6.24. The van der Waals surface area contributed by atoms with Gasteiger partial charge in [-0.15, -0.1) is 0 Å². The minimum absolute atomic E-state index is 0.103. The Hall–Kier alpha value is -1.71. The lowest BCUT2D eigenvalue weighted by molar-refractivity contribution is -0.145. The molecule has 0 fully saturated rings. The fourth-order valence-corrected chi connectivity index (χ4v) is 0.918. The lowest BCUT2D eigenvalue weighted by Gasteiger charge is -2.05. The molecular formula is C10H12O4. The van der Waals surface area contributed by atoms with E-state index in [4.69, 9.17) is 9.84 Å². The molecule has 0 heterocycles. The predicted octanol–water partition coefficient (Wildman–Crippen LogP) is 1.33. The van der Waals surface area contributed by atoms with Crippen LogP contribution >= 0.6 is 0 Å². The molecular weight excluding hydrogens is 184 g/mol. The van der Waals surface area contributed by atoms with Crippen LogP contribution in [-0.2, 0) is 9.53 Å². The first-order chi connectivity index (χ1) is 6.72. The van der Waals surface area contributed by atoms with Gasteiger partial charge in [-0.3, -0.25) is 0 Å². The largest absolute Gasteiger partial charge is 0.508 e. The molecule has 0 saturated carbocycles. The van der Waals surface area contributed by atoms with E-state index in [1.54, 1.807) is 19.1 Å². The Bertz CT molecular complexity index is 309. The quantitative estimate of drug-likeness (QED) is 0.738. The van der Waals surface area contributed by atoms with Crippen LogP contribution in [0.15, 0.2) is 24.3 Å². The molecule has 0 bridgehead atoms. The average molecular weight is 196 g/mol. The summed E-state index contributed by atoms with van der Waals surface area (Å²) in [7, 11) is 0. The highest BCUT2D eigenvalue weighted by Gasteiger charge is 2.02. The second-order valence-corrected chi connectivity index (χ2v) is 2.59. The van der Waals surface area contributed by atoms with Gasteiger partial charge in [-0.05, 0) is 19.1 Å². The van der Waals surface area contributed by atoms with E-state index in [1.165, 1.54) is 12.1 Å². The molecule has 1 N–H and O–H groups in total. The van der Waals surface area contributed by atoms with E-state index >= 15 is 0 Å². The van der Waals surface area contributed by atoms with Crippen LogP contribution in [0.5, 0.6) is 11.5 Å². The number of esters is 1. The molecule has 0 aromatic heterocycles. The van der Waals surface area contributed by atoms with Crippen LogP contribution in [-0.4, -0.2) is 24.3 Å². The van der Waals surface area contributed by atoms with Gasteiger partial charge in [-0.2, -0.15) is 0 Å². The van der Waals surface area contributed by atoms with E-state index in [1.807, 2.05) is 0 Å². The Labute approximate surface area is 82.1 Å². The Morgan fingerprint density at radius 2 is 2.29 bits per heavy atom. The van der Waals surface area contributed by atoms with Gasteiger partial charge in [-0.25, -0.2) is 4.79 Å². The van der Waals surface area contributed by atoms with Crippen molar-refractivity contribution in [2.75, 3.05) is 13.2 Å². The lowest BCUT2D eigenvalue weighted by atomic mass is 10.3. The maximum absolute atomic E-state index is 10.9. The topological polar surface area (TPSA) is 55.8 Å². The summed E-state index contributed by atoms with van der Waals surface area (Å²) in [6.07, 6.45) is 0. The van der Waals surface area contributed by atoms with Crippen molar-refractivity contribution in [3.05, 3.63) is 24.3 Å². The van der Waals surface area contributed by atoms with E-state index < -0.39 is 5.97 Å². The van der Waals surface area contributed by atoms with E-state index in [9.17, 15) is 4.79 Å². The molecule has 14 heavy (non-hydrogen) atoms. The fraction of sp³-hybridized carbons (Fsp3) is 0.300. The van der Waals surface area contributed by atoms with Crippen LogP contribution in [0, 0.1) is 0 Å². The maximum Gasteiger partial charge on any atom is 0.344 e. The van der Waals surface area contributed by atoms with Gasteiger partial charge in [0.1, 0.15) is 11.5 Å². The number of carbonyl (C=O) groups excluding carboxylic acids is 1. The van der Waals surface area contributed by atoms with Crippen molar-refractivity contribution in [2.24, 2.45) is 0 Å². The highest BCUT2D eigenvalue weighted by atomic mass is 16.6. The highest BCUT2D eigenvalue weighted by molar-refractivity contribution is 5.71. The molecule has 0 unspecified atom stereocenters. The summed E-state index contributed by atoms with van der Waals surface area (Å²) in [5.41, 5.74) is 0. The third-order valence-corrected chi connectivity index (χ3v) is 1.48. The Morgan fingerprint density at radius 1 is 1.50 bits per heavy atom. The van der Waals surface area contributed by atoms with Crippen LogP contribution in [0.1, 0.15) is 6.92 Å². The van der Waals surface area contributed by atoms with Crippen LogP contribution < -0.4 is 4.74 Å². The first-order valence-electron chi connectivity index (χ1n) is 4.30. The molecule has 0 aliphatic heterocycles. The normalized spacial score (nSPS) is 9.50. The third kappa shape index (κ3) is 3.35. The molecule has 1 aromatic rings. The van der Waals surface area contributed by atoms with E-state index in [2.05, 4.69) is 4.74 Å². The minimum Gasteiger partial charge on any atom is -0.508 e. The van der Waals surface area contributed by atoms with Crippen molar-refractivity contribution < 1.29 is 19.4 Å². The van der Waals surface area contributed by atoms with Crippen molar-refractivity contribution in [1.82, 2.24) is 0 Å². The Kier molecular flexibility index (Phi) is 3.79. The second kappa shape index (κ2) is 5.11. The fourth-order valence-electron chi connectivity index (χ4n) is 0.918. The van der Waals surface area contributed by atoms with Crippen LogP contribution in [0.25, 0.3) is 0 Å². The van der Waals surface area contributed by atoms with Crippen molar-refractivity contribution in [3.63, 3.8) is 0 Å². The SMILES string of the molecule is CCOC(=O)COc1cccc(O)c1. The van der Waals surface area contributed by atoms with E-state index in [0.29, 0.717) is 12.4 Å². The zero-order valence-corrected chi connectivity index (χ0v) is 7.90. The smallest absolute Gasteiger partial charge is 0.344 e. The first kappa shape index (κ1) is 10.4. The number of aromatic hydroxyl groups is 1. The van der Waals surface area contributed by atoms with Crippen molar-refractivity contribution >= 4 is 5.97 Å². The zero-order valence-electron chi connectivity index (χ0n) is 7.90. The summed E-state index contributed by atoms with van der Waals surface area (Å²) in [5.74, 6) is 0.125. The van der Waals surface area contributed by atoms with Crippen LogP contribution in [0.4, 0.5) is 0 Å². The second-order valence-electron chi connectivity index (χ2n) is 2.59. The molecule has 0 aliphatic rings. The number of benzene rings is 1. The average Bonchev–Trinajstić information content (AvgIpc) is 2.15. The molecule has 0 radical (unpaired) electrons. The summed E-state index contributed by atoms with van der Waals surface area (Å²) < 4.78 is 9.73. The standard InChI is InChI=1S/C10H12O4/c1-2-13-10(12)7-14-9-5-3-4-8(11)6-9/h3-6,11H,2,7H2,1H3. The third-order valence-electron chi connectivity index (χ3n) is 1.48. The molecule has 4 heteroatoms. The molecule has 1 aromatic carbocycles. The van der Waals surface area contributed by atoms with Gasteiger partial charge in [0.05, 0.1) is 6.61 Å². The summed E-state index contributed by atoms with van der Waals surface area (Å²) in [4.78, 5) is 10.9. The van der Waals surface area contributed by atoms with Crippen LogP contribution in [0.2, 0.25) is 0 Å². The first-order valence-corrected chi connectivity index (χ1v) is 4.30. The number of hydrogen-bond acceptors (Lipinski definition) is 4. The highest BCUT2D eigenvalue weighted by Crippen LogP contribution is 2.17. The van der Waals surface area contributed by atoms with Crippen LogP contribution in [0.3, 0.4) is 0 Å². The molecule has 0 aliphatic carbocycles. The summed E-state index contributed by atoms with van der Waals surface area (Å²) in [5, 5.41) is 9.09. The molecule has 0 amide bonds. The van der Waals surface area contributed by atoms with Crippen molar-refractivity contribution in [3.8, 4) is 11.5 Å². The summed E-state index contributed by atoms with van der Waals surface area (Å²) >= 11 is 0. The predicted molar refractivity (Wildman–Crippen MR) is 50.2 cm³/mol. The minimum atomic E-state index is -0.421. The molecule has 76 valence electrons. The van der Waals surface area contributed by atoms with Gasteiger partial charge < -0.3 is 14.6 Å². The van der Waals surface area contributed by atoms with Gasteiger partial charge in [-0.1, -0.05) is 6.07 Å². The van der Waals surface area contributed by atoms with Gasteiger partial charge in [0.25, 0.3) is 0 Å².